The molecule has 0 saturated heterocycles. The van der Waals surface area contributed by atoms with Gasteiger partial charge in [0, 0.05) is 19.9 Å². The zero-order chi connectivity index (χ0) is 15.2. The van der Waals surface area contributed by atoms with E-state index in [0.29, 0.717) is 23.4 Å². The normalized spacial score (nSPS) is 10.6. The van der Waals surface area contributed by atoms with Gasteiger partial charge in [-0.15, -0.1) is 0 Å². The lowest BCUT2D eigenvalue weighted by atomic mass is 10.2. The monoisotopic (exact) mass is 355 g/mol. The zero-order valence-corrected chi connectivity index (χ0v) is 13.6. The van der Waals surface area contributed by atoms with Crippen molar-refractivity contribution in [1.82, 2.24) is 9.78 Å². The molecule has 0 atom stereocenters. The first-order valence-corrected chi connectivity index (χ1v) is 7.24. The van der Waals surface area contributed by atoms with Crippen LogP contribution in [0, 0.1) is 0 Å². The number of methoxy groups -OCH3 is 2. The van der Waals surface area contributed by atoms with Crippen LogP contribution in [0.4, 0.5) is 5.69 Å². The van der Waals surface area contributed by atoms with Crippen molar-refractivity contribution in [1.29, 1.82) is 0 Å². The number of hydrogen-bond acceptors (Lipinski definition) is 5. The van der Waals surface area contributed by atoms with E-state index in [1.807, 2.05) is 16.9 Å². The van der Waals surface area contributed by atoms with Crippen molar-refractivity contribution in [2.45, 2.75) is 13.1 Å². The molecule has 0 spiro atoms. The Morgan fingerprint density at radius 3 is 2.90 bits per heavy atom. The molecule has 0 unspecified atom stereocenters. The SMILES string of the molecule is COCCn1cc(NCc2cc(Br)c(O)c(OC)c2)cn1. The molecule has 0 amide bonds. The average molecular weight is 356 g/mol. The highest BCUT2D eigenvalue weighted by Crippen LogP contribution is 2.35. The molecule has 0 bridgehead atoms. The molecule has 0 aliphatic rings. The van der Waals surface area contributed by atoms with Gasteiger partial charge in [-0.05, 0) is 33.6 Å². The molecule has 1 heterocycles. The molecular formula is C14H18BrN3O3. The summed E-state index contributed by atoms with van der Waals surface area (Å²) in [5, 5.41) is 17.3. The molecule has 0 radical (unpaired) electrons. The van der Waals surface area contributed by atoms with Crippen LogP contribution in [0.3, 0.4) is 0 Å². The molecular weight excluding hydrogens is 338 g/mol. The van der Waals surface area contributed by atoms with Crippen molar-refractivity contribution in [3.05, 3.63) is 34.6 Å². The second-order valence-corrected chi connectivity index (χ2v) is 5.32. The third kappa shape index (κ3) is 4.12. The van der Waals surface area contributed by atoms with Gasteiger partial charge < -0.3 is 19.9 Å². The van der Waals surface area contributed by atoms with Crippen LogP contribution < -0.4 is 10.1 Å². The van der Waals surface area contributed by atoms with Crippen LogP contribution in [-0.4, -0.2) is 35.7 Å². The summed E-state index contributed by atoms with van der Waals surface area (Å²) in [7, 11) is 3.19. The van der Waals surface area contributed by atoms with Gasteiger partial charge in [0.05, 0.1) is 36.6 Å². The molecule has 6 nitrogen and oxygen atoms in total. The Morgan fingerprint density at radius 2 is 2.19 bits per heavy atom. The minimum absolute atomic E-state index is 0.105. The van der Waals surface area contributed by atoms with Crippen molar-refractivity contribution in [3.63, 3.8) is 0 Å². The Morgan fingerprint density at radius 1 is 1.38 bits per heavy atom. The second-order valence-electron chi connectivity index (χ2n) is 4.47. The lowest BCUT2D eigenvalue weighted by molar-refractivity contribution is 0.183. The van der Waals surface area contributed by atoms with Gasteiger partial charge in [0.1, 0.15) is 0 Å². The third-order valence-electron chi connectivity index (χ3n) is 2.96. The molecule has 1 aromatic carbocycles. The predicted octanol–water partition coefficient (Wildman–Crippen LogP) is 2.62. The number of nitrogens with zero attached hydrogens (tertiary/aromatic N) is 2. The van der Waals surface area contributed by atoms with E-state index in [0.717, 1.165) is 17.8 Å². The van der Waals surface area contributed by atoms with E-state index >= 15 is 0 Å². The van der Waals surface area contributed by atoms with E-state index in [9.17, 15) is 5.11 Å². The van der Waals surface area contributed by atoms with Gasteiger partial charge in [0.25, 0.3) is 0 Å². The summed E-state index contributed by atoms with van der Waals surface area (Å²) in [6.07, 6.45) is 3.69. The molecule has 114 valence electrons. The number of aromatic nitrogens is 2. The highest BCUT2D eigenvalue weighted by Gasteiger charge is 2.08. The largest absolute Gasteiger partial charge is 0.503 e. The molecule has 0 fully saturated rings. The summed E-state index contributed by atoms with van der Waals surface area (Å²) in [4.78, 5) is 0. The van der Waals surface area contributed by atoms with Crippen LogP contribution in [0.15, 0.2) is 29.0 Å². The summed E-state index contributed by atoms with van der Waals surface area (Å²) in [6.45, 7) is 1.95. The lowest BCUT2D eigenvalue weighted by Gasteiger charge is -2.09. The van der Waals surface area contributed by atoms with Crippen molar-refractivity contribution in [3.8, 4) is 11.5 Å². The number of ether oxygens (including phenoxy) is 2. The number of benzene rings is 1. The summed E-state index contributed by atoms with van der Waals surface area (Å²) in [6, 6.07) is 3.64. The van der Waals surface area contributed by atoms with Gasteiger partial charge in [0.2, 0.25) is 0 Å². The number of anilines is 1. The summed E-state index contributed by atoms with van der Waals surface area (Å²) < 4.78 is 12.6. The van der Waals surface area contributed by atoms with E-state index < -0.39 is 0 Å². The smallest absolute Gasteiger partial charge is 0.172 e. The van der Waals surface area contributed by atoms with Gasteiger partial charge in [-0.25, -0.2) is 0 Å². The van der Waals surface area contributed by atoms with E-state index in [-0.39, 0.29) is 5.75 Å². The number of halogens is 1. The Balaban J connectivity index is 1.99. The first-order valence-electron chi connectivity index (χ1n) is 6.44. The van der Waals surface area contributed by atoms with Gasteiger partial charge >= 0.3 is 0 Å². The zero-order valence-electron chi connectivity index (χ0n) is 12.0. The number of nitrogens with one attached hydrogen (secondary N) is 1. The molecule has 21 heavy (non-hydrogen) atoms. The van der Waals surface area contributed by atoms with Crippen LogP contribution in [0.2, 0.25) is 0 Å². The van der Waals surface area contributed by atoms with E-state index in [4.69, 9.17) is 9.47 Å². The van der Waals surface area contributed by atoms with Crippen LogP contribution in [0.25, 0.3) is 0 Å². The van der Waals surface area contributed by atoms with Crippen molar-refractivity contribution in [2.75, 3.05) is 26.1 Å². The van der Waals surface area contributed by atoms with E-state index in [1.54, 1.807) is 19.4 Å². The second kappa shape index (κ2) is 7.33. The number of phenols is 1. The highest BCUT2D eigenvalue weighted by molar-refractivity contribution is 9.10. The molecule has 2 rings (SSSR count). The number of aromatic hydroxyl groups is 1. The summed E-state index contributed by atoms with van der Waals surface area (Å²) >= 11 is 3.31. The summed E-state index contributed by atoms with van der Waals surface area (Å²) in [5.41, 5.74) is 1.91. The van der Waals surface area contributed by atoms with Crippen LogP contribution >= 0.6 is 15.9 Å². The van der Waals surface area contributed by atoms with Crippen LogP contribution in [0.1, 0.15) is 5.56 Å². The van der Waals surface area contributed by atoms with Gasteiger partial charge in [-0.2, -0.15) is 5.10 Å². The van der Waals surface area contributed by atoms with Crippen molar-refractivity contribution in [2.24, 2.45) is 0 Å². The van der Waals surface area contributed by atoms with Gasteiger partial charge in [-0.1, -0.05) is 0 Å². The fourth-order valence-corrected chi connectivity index (χ4v) is 2.34. The number of hydrogen-bond donors (Lipinski definition) is 2. The molecule has 2 N–H and O–H groups in total. The quantitative estimate of drug-likeness (QED) is 0.798. The van der Waals surface area contributed by atoms with E-state index in [1.165, 1.54) is 7.11 Å². The molecule has 0 saturated carbocycles. The molecule has 1 aromatic heterocycles. The maximum absolute atomic E-state index is 9.78. The van der Waals surface area contributed by atoms with Crippen molar-refractivity contribution < 1.29 is 14.6 Å². The fourth-order valence-electron chi connectivity index (χ4n) is 1.85. The predicted molar refractivity (Wildman–Crippen MR) is 83.8 cm³/mol. The third-order valence-corrected chi connectivity index (χ3v) is 3.57. The Kier molecular flexibility index (Phi) is 5.46. The standard InChI is InChI=1S/C14H18BrN3O3/c1-20-4-3-18-9-11(8-17-18)16-7-10-5-12(15)14(19)13(6-10)21-2/h5-6,8-9,16,19H,3-4,7H2,1-2H3. The molecule has 0 aliphatic carbocycles. The number of rotatable bonds is 7. The Bertz CT molecular complexity index is 601. The van der Waals surface area contributed by atoms with Crippen LogP contribution in [-0.2, 0) is 17.8 Å². The Labute approximate surface area is 131 Å². The minimum atomic E-state index is 0.105. The Hall–Kier alpha value is -1.73. The maximum atomic E-state index is 9.78. The van der Waals surface area contributed by atoms with Crippen molar-refractivity contribution >= 4 is 21.6 Å². The fraction of sp³-hybridized carbons (Fsp3) is 0.357. The first-order chi connectivity index (χ1) is 10.1. The molecule has 0 aliphatic heterocycles. The highest BCUT2D eigenvalue weighted by atomic mass is 79.9. The van der Waals surface area contributed by atoms with E-state index in [2.05, 4.69) is 26.3 Å². The topological polar surface area (TPSA) is 68.5 Å². The average Bonchev–Trinajstić information content (AvgIpc) is 2.94. The minimum Gasteiger partial charge on any atom is -0.503 e. The lowest BCUT2D eigenvalue weighted by Crippen LogP contribution is -2.04. The van der Waals surface area contributed by atoms with Gasteiger partial charge in [-0.3, -0.25) is 4.68 Å². The molecule has 2 aromatic rings. The summed E-state index contributed by atoms with van der Waals surface area (Å²) in [5.74, 6) is 0.547. The maximum Gasteiger partial charge on any atom is 0.172 e. The first kappa shape index (κ1) is 15.7. The molecule has 7 heteroatoms. The van der Waals surface area contributed by atoms with Gasteiger partial charge in [0.15, 0.2) is 11.5 Å². The number of phenolic OH excluding ortho intramolecular Hbond substituents is 1. The van der Waals surface area contributed by atoms with Crippen LogP contribution in [0.5, 0.6) is 11.5 Å².